The van der Waals surface area contributed by atoms with Crippen molar-refractivity contribution in [2.45, 2.75) is 6.42 Å². The van der Waals surface area contributed by atoms with Gasteiger partial charge in [0.1, 0.15) is 0 Å². The molecular formula is C15H19N3O2. The summed E-state index contributed by atoms with van der Waals surface area (Å²) in [4.78, 5) is 16.6. The van der Waals surface area contributed by atoms with Gasteiger partial charge >= 0.3 is 0 Å². The van der Waals surface area contributed by atoms with E-state index in [4.69, 9.17) is 10.5 Å². The average molecular weight is 273 g/mol. The molecule has 0 spiro atoms. The van der Waals surface area contributed by atoms with Gasteiger partial charge in [-0.25, -0.2) is 0 Å². The van der Waals surface area contributed by atoms with E-state index >= 15 is 0 Å². The number of nitrogen functional groups attached to an aromatic ring is 1. The van der Waals surface area contributed by atoms with Crippen LogP contribution in [0.4, 0.5) is 11.4 Å². The summed E-state index contributed by atoms with van der Waals surface area (Å²) in [5, 5.41) is 0. The van der Waals surface area contributed by atoms with Crippen LogP contribution in [0, 0.1) is 0 Å². The maximum atomic E-state index is 12.7. The van der Waals surface area contributed by atoms with Crippen molar-refractivity contribution in [3.63, 3.8) is 0 Å². The number of para-hydroxylation sites is 2. The Balaban J connectivity index is 1.84. The van der Waals surface area contributed by atoms with Gasteiger partial charge in [0.25, 0.3) is 5.91 Å². The Labute approximate surface area is 118 Å². The van der Waals surface area contributed by atoms with Crippen LogP contribution in [0.5, 0.6) is 0 Å². The third-order valence-corrected chi connectivity index (χ3v) is 3.73. The molecule has 3 rings (SSSR count). The first kappa shape index (κ1) is 13.0. The van der Waals surface area contributed by atoms with Crippen LogP contribution >= 0.6 is 0 Å². The molecule has 2 aliphatic heterocycles. The summed E-state index contributed by atoms with van der Waals surface area (Å²) < 4.78 is 5.34. The number of carbonyl (C=O) groups is 1. The van der Waals surface area contributed by atoms with Crippen LogP contribution in [0.3, 0.4) is 0 Å². The van der Waals surface area contributed by atoms with Crippen molar-refractivity contribution in [3.8, 4) is 0 Å². The number of ether oxygens (including phenoxy) is 1. The Morgan fingerprint density at radius 1 is 1.10 bits per heavy atom. The van der Waals surface area contributed by atoms with Crippen LogP contribution in [0.15, 0.2) is 36.0 Å². The molecule has 20 heavy (non-hydrogen) atoms. The Bertz CT molecular complexity index is 536. The number of carbonyl (C=O) groups excluding carboxylic acids is 1. The first-order valence-electron chi connectivity index (χ1n) is 6.96. The molecule has 0 atom stereocenters. The van der Waals surface area contributed by atoms with Crippen molar-refractivity contribution in [2.75, 3.05) is 43.5 Å². The van der Waals surface area contributed by atoms with E-state index in [1.807, 2.05) is 30.3 Å². The molecule has 0 unspecified atom stereocenters. The van der Waals surface area contributed by atoms with E-state index in [2.05, 4.69) is 4.90 Å². The second-order valence-corrected chi connectivity index (χ2v) is 4.99. The lowest BCUT2D eigenvalue weighted by atomic mass is 10.1. The first-order chi connectivity index (χ1) is 9.77. The Hall–Kier alpha value is -2.01. The molecule has 2 heterocycles. The summed E-state index contributed by atoms with van der Waals surface area (Å²) in [6.45, 7) is 3.59. The maximum absolute atomic E-state index is 12.7. The molecule has 2 N–H and O–H groups in total. The van der Waals surface area contributed by atoms with Crippen molar-refractivity contribution in [3.05, 3.63) is 36.0 Å². The maximum Gasteiger partial charge on any atom is 0.274 e. The fraction of sp³-hybridized carbons (Fsp3) is 0.400. The molecule has 2 aliphatic rings. The minimum absolute atomic E-state index is 0.0380. The SMILES string of the molecule is Nc1ccccc1N1CCC=C(N2CCOCC2)C1=O. The van der Waals surface area contributed by atoms with E-state index in [1.54, 1.807) is 4.90 Å². The molecule has 5 nitrogen and oxygen atoms in total. The fourth-order valence-corrected chi connectivity index (χ4v) is 2.69. The molecule has 1 amide bonds. The van der Waals surface area contributed by atoms with E-state index in [0.717, 1.165) is 30.9 Å². The Kier molecular flexibility index (Phi) is 3.60. The molecule has 5 heteroatoms. The van der Waals surface area contributed by atoms with Gasteiger partial charge in [0.2, 0.25) is 0 Å². The lowest BCUT2D eigenvalue weighted by Gasteiger charge is -2.36. The molecular weight excluding hydrogens is 254 g/mol. The Morgan fingerprint density at radius 3 is 2.60 bits per heavy atom. The largest absolute Gasteiger partial charge is 0.397 e. The summed E-state index contributed by atoms with van der Waals surface area (Å²) in [6.07, 6.45) is 2.88. The number of amides is 1. The molecule has 1 aromatic rings. The molecule has 0 aliphatic carbocycles. The van der Waals surface area contributed by atoms with Gasteiger partial charge in [0.05, 0.1) is 30.3 Å². The quantitative estimate of drug-likeness (QED) is 0.823. The third kappa shape index (κ3) is 2.36. The molecule has 1 saturated heterocycles. The summed E-state index contributed by atoms with van der Waals surface area (Å²) in [5.41, 5.74) is 8.22. The lowest BCUT2D eigenvalue weighted by Crippen LogP contribution is -2.45. The summed E-state index contributed by atoms with van der Waals surface area (Å²) in [7, 11) is 0. The predicted molar refractivity (Wildman–Crippen MR) is 78.3 cm³/mol. The van der Waals surface area contributed by atoms with Crippen LogP contribution in [-0.4, -0.2) is 43.7 Å². The van der Waals surface area contributed by atoms with Crippen molar-refractivity contribution in [1.29, 1.82) is 0 Å². The number of morpholine rings is 1. The zero-order valence-electron chi connectivity index (χ0n) is 11.4. The molecule has 106 valence electrons. The monoisotopic (exact) mass is 273 g/mol. The topological polar surface area (TPSA) is 58.8 Å². The molecule has 0 aromatic heterocycles. The highest BCUT2D eigenvalue weighted by molar-refractivity contribution is 6.07. The molecule has 0 bridgehead atoms. The minimum atomic E-state index is 0.0380. The van der Waals surface area contributed by atoms with Crippen molar-refractivity contribution in [2.24, 2.45) is 0 Å². The number of nitrogens with zero attached hydrogens (tertiary/aromatic N) is 2. The molecule has 1 aromatic carbocycles. The van der Waals surface area contributed by atoms with Gasteiger partial charge in [-0.05, 0) is 18.6 Å². The number of benzene rings is 1. The van der Waals surface area contributed by atoms with Gasteiger partial charge in [0.15, 0.2) is 0 Å². The van der Waals surface area contributed by atoms with Crippen LogP contribution < -0.4 is 10.6 Å². The molecule has 0 radical (unpaired) electrons. The van der Waals surface area contributed by atoms with Crippen LogP contribution in [0.1, 0.15) is 6.42 Å². The fourth-order valence-electron chi connectivity index (χ4n) is 2.69. The number of anilines is 2. The van der Waals surface area contributed by atoms with E-state index < -0.39 is 0 Å². The Morgan fingerprint density at radius 2 is 1.85 bits per heavy atom. The van der Waals surface area contributed by atoms with Crippen LogP contribution in [0.2, 0.25) is 0 Å². The van der Waals surface area contributed by atoms with Gasteiger partial charge in [-0.15, -0.1) is 0 Å². The van der Waals surface area contributed by atoms with E-state index in [9.17, 15) is 4.79 Å². The minimum Gasteiger partial charge on any atom is -0.397 e. The highest BCUT2D eigenvalue weighted by Crippen LogP contribution is 2.27. The van der Waals surface area contributed by atoms with E-state index in [0.29, 0.717) is 25.4 Å². The van der Waals surface area contributed by atoms with Crippen molar-refractivity contribution < 1.29 is 9.53 Å². The summed E-state index contributed by atoms with van der Waals surface area (Å²) in [5.74, 6) is 0.0380. The number of rotatable bonds is 2. The van der Waals surface area contributed by atoms with Crippen molar-refractivity contribution >= 4 is 17.3 Å². The van der Waals surface area contributed by atoms with Crippen LogP contribution in [0.25, 0.3) is 0 Å². The standard InChI is InChI=1S/C15H19N3O2/c16-12-4-1-2-5-13(12)18-7-3-6-14(15(18)19)17-8-10-20-11-9-17/h1-2,4-6H,3,7-11,16H2. The smallest absolute Gasteiger partial charge is 0.274 e. The zero-order valence-corrected chi connectivity index (χ0v) is 11.4. The highest BCUT2D eigenvalue weighted by atomic mass is 16.5. The average Bonchev–Trinajstić information content (AvgIpc) is 2.49. The van der Waals surface area contributed by atoms with Crippen molar-refractivity contribution in [1.82, 2.24) is 4.90 Å². The second-order valence-electron chi connectivity index (χ2n) is 4.99. The van der Waals surface area contributed by atoms with E-state index in [-0.39, 0.29) is 5.91 Å². The first-order valence-corrected chi connectivity index (χ1v) is 6.96. The molecule has 1 fully saturated rings. The number of nitrogens with two attached hydrogens (primary N) is 1. The highest BCUT2D eigenvalue weighted by Gasteiger charge is 2.28. The van der Waals surface area contributed by atoms with E-state index in [1.165, 1.54) is 0 Å². The zero-order chi connectivity index (χ0) is 13.9. The lowest BCUT2D eigenvalue weighted by molar-refractivity contribution is -0.117. The predicted octanol–water partition coefficient (Wildman–Crippen LogP) is 1.22. The van der Waals surface area contributed by atoms with Gasteiger partial charge in [-0.3, -0.25) is 4.79 Å². The van der Waals surface area contributed by atoms with Gasteiger partial charge in [0, 0.05) is 19.6 Å². The normalized spacial score (nSPS) is 20.0. The van der Waals surface area contributed by atoms with Gasteiger partial charge < -0.3 is 20.3 Å². The molecule has 0 saturated carbocycles. The number of hydrogen-bond acceptors (Lipinski definition) is 4. The third-order valence-electron chi connectivity index (χ3n) is 3.73. The van der Waals surface area contributed by atoms with Gasteiger partial charge in [-0.1, -0.05) is 18.2 Å². The van der Waals surface area contributed by atoms with Gasteiger partial charge in [-0.2, -0.15) is 0 Å². The summed E-state index contributed by atoms with van der Waals surface area (Å²) in [6, 6.07) is 7.52. The number of hydrogen-bond donors (Lipinski definition) is 1. The summed E-state index contributed by atoms with van der Waals surface area (Å²) >= 11 is 0. The second kappa shape index (κ2) is 5.54. The van der Waals surface area contributed by atoms with Crippen LogP contribution in [-0.2, 0) is 9.53 Å².